The molecule has 3 N–H and O–H groups in total. The van der Waals surface area contributed by atoms with Crippen LogP contribution in [0.5, 0.6) is 11.6 Å². The van der Waals surface area contributed by atoms with Crippen molar-refractivity contribution >= 4 is 23.2 Å². The van der Waals surface area contributed by atoms with Crippen LogP contribution in [0.25, 0.3) is 0 Å². The van der Waals surface area contributed by atoms with E-state index in [-0.39, 0.29) is 29.8 Å². The Morgan fingerprint density at radius 3 is 2.34 bits per heavy atom. The van der Waals surface area contributed by atoms with Gasteiger partial charge in [-0.3, -0.25) is 4.79 Å². The van der Waals surface area contributed by atoms with Crippen LogP contribution >= 0.6 is 0 Å². The number of anilines is 3. The Balaban J connectivity index is 0.00000141. The molecule has 0 atom stereocenters. The molecule has 0 aliphatic heterocycles. The van der Waals surface area contributed by atoms with Gasteiger partial charge in [0, 0.05) is 33.1 Å². The van der Waals surface area contributed by atoms with E-state index in [1.807, 2.05) is 0 Å². The molecule has 0 unspecified atom stereocenters. The number of nitrogens with zero attached hydrogens (tertiary/aromatic N) is 3. The molecule has 0 aromatic carbocycles. The van der Waals surface area contributed by atoms with Gasteiger partial charge >= 0.3 is 5.92 Å². The second-order valence-electron chi connectivity index (χ2n) is 7.66. The first kappa shape index (κ1) is 23.6. The molecule has 11 heteroatoms. The Morgan fingerprint density at radius 2 is 1.78 bits per heavy atom. The predicted octanol–water partition coefficient (Wildman–Crippen LogP) is 3.77. The van der Waals surface area contributed by atoms with Crippen LogP contribution in [0, 0.1) is 0 Å². The second kappa shape index (κ2) is 10.0. The zero-order valence-electron chi connectivity index (χ0n) is 18.2. The Labute approximate surface area is 184 Å². The van der Waals surface area contributed by atoms with Gasteiger partial charge in [0.15, 0.2) is 5.75 Å². The van der Waals surface area contributed by atoms with Gasteiger partial charge in [-0.1, -0.05) is 0 Å². The van der Waals surface area contributed by atoms with Crippen LogP contribution in [-0.2, 0) is 10.7 Å². The third-order valence-corrected chi connectivity index (χ3v) is 4.69. The van der Waals surface area contributed by atoms with Gasteiger partial charge in [0.2, 0.25) is 17.6 Å². The predicted molar refractivity (Wildman–Crippen MR) is 113 cm³/mol. The summed E-state index contributed by atoms with van der Waals surface area (Å²) >= 11 is 0. The molecule has 2 saturated carbocycles. The number of pyridine rings is 1. The average Bonchev–Trinajstić information content (AvgIpc) is 3.50. The summed E-state index contributed by atoms with van der Waals surface area (Å²) in [5.41, 5.74) is 0.446. The standard InChI is InChI=1S/C20H23F2N5O3.CH4O/c1-11(28)24-16-8-14(15(10-23-16)29-12-4-3-5-12)25-17-9-18(30-13-6-7-13)27-19(26-17)20(2,21)22;1-2/h8-10,12-13H,3-7H2,1-2H3,(H2,23,24,25,26,27,28);2H,1H3. The molecule has 174 valence electrons. The molecule has 0 bridgehead atoms. The SMILES string of the molecule is CC(=O)Nc1cc(Nc2cc(OC3CC3)nc(C(C)(F)F)n2)c(OC2CCC2)cn1.CO. The molecular weight excluding hydrogens is 424 g/mol. The fourth-order valence-corrected chi connectivity index (χ4v) is 2.79. The molecular formula is C21H27F2N5O4. The molecule has 2 aromatic heterocycles. The number of alkyl halides is 2. The Morgan fingerprint density at radius 1 is 1.09 bits per heavy atom. The first-order valence-corrected chi connectivity index (χ1v) is 10.4. The molecule has 2 aromatic rings. The molecule has 2 heterocycles. The maximum Gasteiger partial charge on any atom is 0.304 e. The zero-order valence-corrected chi connectivity index (χ0v) is 18.2. The van der Waals surface area contributed by atoms with E-state index in [2.05, 4.69) is 25.6 Å². The summed E-state index contributed by atoms with van der Waals surface area (Å²) in [6.45, 7) is 2.11. The van der Waals surface area contributed by atoms with E-state index in [1.165, 1.54) is 19.2 Å². The van der Waals surface area contributed by atoms with Crippen molar-refractivity contribution in [2.24, 2.45) is 0 Å². The summed E-state index contributed by atoms with van der Waals surface area (Å²) in [7, 11) is 1.00. The van der Waals surface area contributed by atoms with Crippen LogP contribution in [0.4, 0.5) is 26.1 Å². The largest absolute Gasteiger partial charge is 0.487 e. The summed E-state index contributed by atoms with van der Waals surface area (Å²) in [5.74, 6) is -3.18. The molecule has 4 rings (SSSR count). The number of hydrogen-bond acceptors (Lipinski definition) is 8. The van der Waals surface area contributed by atoms with Gasteiger partial charge in [0.1, 0.15) is 17.7 Å². The highest BCUT2D eigenvalue weighted by Gasteiger charge is 2.31. The van der Waals surface area contributed by atoms with Gasteiger partial charge in [-0.15, -0.1) is 0 Å². The summed E-state index contributed by atoms with van der Waals surface area (Å²) in [6.07, 6.45) is 6.27. The minimum Gasteiger partial charge on any atom is -0.487 e. The summed E-state index contributed by atoms with van der Waals surface area (Å²) in [4.78, 5) is 23.4. The number of rotatable bonds is 8. The summed E-state index contributed by atoms with van der Waals surface area (Å²) in [5, 5.41) is 12.6. The van der Waals surface area contributed by atoms with Gasteiger partial charge in [-0.2, -0.15) is 13.8 Å². The Bertz CT molecular complexity index is 946. The number of aliphatic hydroxyl groups is 1. The minimum atomic E-state index is -3.23. The van der Waals surface area contributed by atoms with E-state index in [0.717, 1.165) is 46.1 Å². The van der Waals surface area contributed by atoms with E-state index in [1.54, 1.807) is 6.07 Å². The highest BCUT2D eigenvalue weighted by Crippen LogP contribution is 2.35. The topological polar surface area (TPSA) is 118 Å². The highest BCUT2D eigenvalue weighted by atomic mass is 19.3. The van der Waals surface area contributed by atoms with Gasteiger partial charge in [-0.25, -0.2) is 9.97 Å². The van der Waals surface area contributed by atoms with E-state index in [0.29, 0.717) is 17.3 Å². The van der Waals surface area contributed by atoms with Crippen LogP contribution in [0.15, 0.2) is 18.3 Å². The van der Waals surface area contributed by atoms with E-state index in [4.69, 9.17) is 14.6 Å². The molecule has 2 fully saturated rings. The first-order valence-electron chi connectivity index (χ1n) is 10.4. The minimum absolute atomic E-state index is 0.00381. The quantitative estimate of drug-likeness (QED) is 0.555. The van der Waals surface area contributed by atoms with Crippen molar-refractivity contribution in [3.8, 4) is 11.6 Å². The van der Waals surface area contributed by atoms with E-state index >= 15 is 0 Å². The Hall–Kier alpha value is -3.08. The molecule has 0 radical (unpaired) electrons. The van der Waals surface area contributed by atoms with Crippen molar-refractivity contribution in [3.63, 3.8) is 0 Å². The number of hydrogen-bond donors (Lipinski definition) is 3. The monoisotopic (exact) mass is 451 g/mol. The van der Waals surface area contributed by atoms with Crippen LogP contribution in [0.3, 0.4) is 0 Å². The van der Waals surface area contributed by atoms with Crippen molar-refractivity contribution in [2.75, 3.05) is 17.7 Å². The number of nitrogens with one attached hydrogen (secondary N) is 2. The molecule has 2 aliphatic rings. The van der Waals surface area contributed by atoms with E-state index < -0.39 is 11.7 Å². The molecule has 1 amide bonds. The van der Waals surface area contributed by atoms with Crippen molar-refractivity contribution in [3.05, 3.63) is 24.2 Å². The van der Waals surface area contributed by atoms with Gasteiger partial charge in [0.05, 0.1) is 18.0 Å². The zero-order chi connectivity index (χ0) is 23.3. The number of amides is 1. The smallest absolute Gasteiger partial charge is 0.304 e. The van der Waals surface area contributed by atoms with Crippen molar-refractivity contribution < 1.29 is 28.2 Å². The number of halogens is 2. The van der Waals surface area contributed by atoms with Gasteiger partial charge in [-0.05, 0) is 32.1 Å². The number of aliphatic hydroxyl groups excluding tert-OH is 1. The molecule has 9 nitrogen and oxygen atoms in total. The number of carbonyl (C=O) groups excluding carboxylic acids is 1. The fourth-order valence-electron chi connectivity index (χ4n) is 2.79. The lowest BCUT2D eigenvalue weighted by atomic mass is 9.96. The maximum absolute atomic E-state index is 13.9. The average molecular weight is 451 g/mol. The van der Waals surface area contributed by atoms with Crippen molar-refractivity contribution in [1.29, 1.82) is 0 Å². The molecule has 0 spiro atoms. The third-order valence-electron chi connectivity index (χ3n) is 4.69. The third kappa shape index (κ3) is 6.46. The molecule has 2 aliphatic carbocycles. The van der Waals surface area contributed by atoms with Crippen LogP contribution in [-0.4, -0.2) is 45.3 Å². The summed E-state index contributed by atoms with van der Waals surface area (Å²) < 4.78 is 39.4. The van der Waals surface area contributed by atoms with Gasteiger partial charge < -0.3 is 25.2 Å². The van der Waals surface area contributed by atoms with Gasteiger partial charge in [0.25, 0.3) is 0 Å². The van der Waals surface area contributed by atoms with Crippen LogP contribution < -0.4 is 20.1 Å². The highest BCUT2D eigenvalue weighted by molar-refractivity contribution is 5.88. The number of carbonyl (C=O) groups is 1. The van der Waals surface area contributed by atoms with Crippen LogP contribution in [0.1, 0.15) is 51.8 Å². The number of aromatic nitrogens is 3. The van der Waals surface area contributed by atoms with E-state index in [9.17, 15) is 13.6 Å². The normalized spacial score (nSPS) is 15.7. The van der Waals surface area contributed by atoms with Crippen molar-refractivity contribution in [1.82, 2.24) is 15.0 Å². The van der Waals surface area contributed by atoms with Crippen LogP contribution in [0.2, 0.25) is 0 Å². The lowest BCUT2D eigenvalue weighted by Gasteiger charge is -2.27. The molecule has 32 heavy (non-hydrogen) atoms. The molecule has 0 saturated heterocycles. The first-order chi connectivity index (χ1) is 15.3. The Kier molecular flexibility index (Phi) is 7.39. The lowest BCUT2D eigenvalue weighted by Crippen LogP contribution is -2.25. The second-order valence-corrected chi connectivity index (χ2v) is 7.66. The fraction of sp³-hybridized carbons (Fsp3) is 0.524. The maximum atomic E-state index is 13.9. The number of ether oxygens (including phenoxy) is 2. The lowest BCUT2D eigenvalue weighted by molar-refractivity contribution is -0.114. The van der Waals surface area contributed by atoms with Crippen molar-refractivity contribution in [2.45, 2.75) is 64.1 Å². The summed E-state index contributed by atoms with van der Waals surface area (Å²) in [6, 6.07) is 3.04.